The van der Waals surface area contributed by atoms with E-state index in [2.05, 4.69) is 26.3 Å². The van der Waals surface area contributed by atoms with E-state index in [-0.39, 0.29) is 5.56 Å². The molecule has 5 nitrogen and oxygen atoms in total. The van der Waals surface area contributed by atoms with E-state index in [0.29, 0.717) is 10.6 Å². The fourth-order valence-corrected chi connectivity index (χ4v) is 2.23. The van der Waals surface area contributed by atoms with Crippen molar-refractivity contribution in [1.82, 2.24) is 15.1 Å². The summed E-state index contributed by atoms with van der Waals surface area (Å²) in [5.74, 6) is -0.943. The van der Waals surface area contributed by atoms with Crippen LogP contribution in [0.25, 0.3) is 0 Å². The molecule has 82 valence electrons. The average Bonchev–Trinajstić information content (AvgIpc) is 2.62. The van der Waals surface area contributed by atoms with E-state index in [0.717, 1.165) is 25.9 Å². The van der Waals surface area contributed by atoms with Gasteiger partial charge in [-0.2, -0.15) is 5.10 Å². The molecule has 0 aliphatic carbocycles. The second kappa shape index (κ2) is 4.32. The third-order valence-electron chi connectivity index (χ3n) is 2.60. The lowest BCUT2D eigenvalue weighted by Gasteiger charge is -2.22. The molecule has 15 heavy (non-hydrogen) atoms. The van der Waals surface area contributed by atoms with Crippen LogP contribution in [0.5, 0.6) is 0 Å². The van der Waals surface area contributed by atoms with Crippen molar-refractivity contribution in [3.05, 3.63) is 16.4 Å². The van der Waals surface area contributed by atoms with E-state index in [1.54, 1.807) is 10.9 Å². The second-order valence-corrected chi connectivity index (χ2v) is 4.35. The molecule has 0 bridgehead atoms. The van der Waals surface area contributed by atoms with Gasteiger partial charge >= 0.3 is 5.97 Å². The van der Waals surface area contributed by atoms with Crippen molar-refractivity contribution in [2.45, 2.75) is 18.9 Å². The summed E-state index contributed by atoms with van der Waals surface area (Å²) in [5, 5.41) is 16.3. The lowest BCUT2D eigenvalue weighted by atomic mass is 10.1. The molecule has 6 heteroatoms. The lowest BCUT2D eigenvalue weighted by molar-refractivity contribution is 0.0695. The molecular weight excluding hydrogens is 262 g/mol. The van der Waals surface area contributed by atoms with Crippen LogP contribution in [0.1, 0.15) is 29.2 Å². The number of carboxylic acid groups (broad SMARTS) is 1. The average molecular weight is 274 g/mol. The summed E-state index contributed by atoms with van der Waals surface area (Å²) < 4.78 is 2.17. The first-order valence-electron chi connectivity index (χ1n) is 4.87. The number of aromatic nitrogens is 2. The minimum absolute atomic E-state index is 0.230. The molecule has 1 fully saturated rings. The Kier molecular flexibility index (Phi) is 3.06. The molecule has 0 unspecified atom stereocenters. The smallest absolute Gasteiger partial charge is 0.340 e. The van der Waals surface area contributed by atoms with E-state index in [1.807, 2.05) is 0 Å². The maximum absolute atomic E-state index is 10.8. The first-order chi connectivity index (χ1) is 7.18. The first-order valence-corrected chi connectivity index (χ1v) is 5.66. The van der Waals surface area contributed by atoms with Crippen LogP contribution in [-0.2, 0) is 0 Å². The molecule has 1 aromatic heterocycles. The van der Waals surface area contributed by atoms with Crippen molar-refractivity contribution in [2.75, 3.05) is 13.1 Å². The van der Waals surface area contributed by atoms with E-state index in [1.165, 1.54) is 0 Å². The summed E-state index contributed by atoms with van der Waals surface area (Å²) in [4.78, 5) is 10.8. The number of halogens is 1. The number of carboxylic acids is 1. The third kappa shape index (κ3) is 2.21. The number of nitrogens with one attached hydrogen (secondary N) is 1. The summed E-state index contributed by atoms with van der Waals surface area (Å²) in [6.07, 6.45) is 3.59. The molecule has 0 atom stereocenters. The molecule has 1 aliphatic heterocycles. The van der Waals surface area contributed by atoms with Crippen LogP contribution in [0.4, 0.5) is 0 Å². The molecule has 2 heterocycles. The topological polar surface area (TPSA) is 67.2 Å². The molecular formula is C9H12BrN3O2. The van der Waals surface area contributed by atoms with Gasteiger partial charge in [0.1, 0.15) is 10.2 Å². The monoisotopic (exact) mass is 273 g/mol. The van der Waals surface area contributed by atoms with Gasteiger partial charge in [-0.3, -0.25) is 4.68 Å². The van der Waals surface area contributed by atoms with Crippen LogP contribution in [0, 0.1) is 0 Å². The van der Waals surface area contributed by atoms with Crippen molar-refractivity contribution < 1.29 is 9.90 Å². The van der Waals surface area contributed by atoms with Gasteiger partial charge in [0.25, 0.3) is 0 Å². The quantitative estimate of drug-likeness (QED) is 0.852. The standard InChI is InChI=1S/C9H12BrN3O2/c10-8-7(9(14)15)5-13(12-8)6-1-3-11-4-2-6/h5-6,11H,1-4H2,(H,14,15). The highest BCUT2D eigenvalue weighted by Crippen LogP contribution is 2.22. The van der Waals surface area contributed by atoms with E-state index < -0.39 is 5.97 Å². The number of carbonyl (C=O) groups is 1. The van der Waals surface area contributed by atoms with Gasteiger partial charge in [0, 0.05) is 6.20 Å². The van der Waals surface area contributed by atoms with Crippen LogP contribution < -0.4 is 5.32 Å². The zero-order chi connectivity index (χ0) is 10.8. The molecule has 2 rings (SSSR count). The maximum Gasteiger partial charge on any atom is 0.340 e. The van der Waals surface area contributed by atoms with Crippen LogP contribution in [0.3, 0.4) is 0 Å². The number of hydrogen-bond acceptors (Lipinski definition) is 3. The van der Waals surface area contributed by atoms with Gasteiger partial charge < -0.3 is 10.4 Å². The first kappa shape index (κ1) is 10.6. The summed E-state index contributed by atoms with van der Waals surface area (Å²) in [5.41, 5.74) is 0.230. The SMILES string of the molecule is O=C(O)c1cn(C2CCNCC2)nc1Br. The highest BCUT2D eigenvalue weighted by atomic mass is 79.9. The zero-order valence-electron chi connectivity index (χ0n) is 8.11. The third-order valence-corrected chi connectivity index (χ3v) is 3.19. The van der Waals surface area contributed by atoms with E-state index >= 15 is 0 Å². The number of piperidine rings is 1. The predicted octanol–water partition coefficient (Wildman–Crippen LogP) is 1.27. The number of aromatic carboxylic acids is 1. The van der Waals surface area contributed by atoms with E-state index in [9.17, 15) is 4.79 Å². The Labute approximate surface area is 95.6 Å². The Bertz CT molecular complexity index is 371. The molecule has 0 spiro atoms. The summed E-state index contributed by atoms with van der Waals surface area (Å²) in [6, 6.07) is 0.315. The summed E-state index contributed by atoms with van der Waals surface area (Å²) in [7, 11) is 0. The molecule has 0 aromatic carbocycles. The van der Waals surface area contributed by atoms with E-state index in [4.69, 9.17) is 5.11 Å². The van der Waals surface area contributed by atoms with Crippen molar-refractivity contribution in [3.63, 3.8) is 0 Å². The fourth-order valence-electron chi connectivity index (χ4n) is 1.77. The van der Waals surface area contributed by atoms with Gasteiger partial charge in [0.2, 0.25) is 0 Å². The highest BCUT2D eigenvalue weighted by molar-refractivity contribution is 9.10. The Balaban J connectivity index is 2.21. The van der Waals surface area contributed by atoms with Gasteiger partial charge in [-0.15, -0.1) is 0 Å². The minimum atomic E-state index is -0.943. The molecule has 0 amide bonds. The zero-order valence-corrected chi connectivity index (χ0v) is 9.70. The van der Waals surface area contributed by atoms with Crippen LogP contribution >= 0.6 is 15.9 Å². The molecule has 1 aromatic rings. The Morgan fingerprint density at radius 2 is 2.27 bits per heavy atom. The summed E-state index contributed by atoms with van der Waals surface area (Å²) >= 11 is 3.16. The number of rotatable bonds is 2. The van der Waals surface area contributed by atoms with Crippen molar-refractivity contribution in [1.29, 1.82) is 0 Å². The molecule has 0 radical (unpaired) electrons. The summed E-state index contributed by atoms with van der Waals surface area (Å²) in [6.45, 7) is 1.93. The number of hydrogen-bond donors (Lipinski definition) is 2. The predicted molar refractivity (Wildman–Crippen MR) is 58.0 cm³/mol. The number of nitrogens with zero attached hydrogens (tertiary/aromatic N) is 2. The molecule has 0 saturated carbocycles. The fraction of sp³-hybridized carbons (Fsp3) is 0.556. The Morgan fingerprint density at radius 1 is 1.60 bits per heavy atom. The Morgan fingerprint density at radius 3 is 2.80 bits per heavy atom. The van der Waals surface area contributed by atoms with Crippen molar-refractivity contribution in [2.24, 2.45) is 0 Å². The van der Waals surface area contributed by atoms with Gasteiger partial charge in [-0.05, 0) is 41.9 Å². The minimum Gasteiger partial charge on any atom is -0.478 e. The van der Waals surface area contributed by atoms with Gasteiger partial charge in [-0.1, -0.05) is 0 Å². The van der Waals surface area contributed by atoms with Crippen LogP contribution in [0.2, 0.25) is 0 Å². The van der Waals surface area contributed by atoms with Gasteiger partial charge in [0.05, 0.1) is 6.04 Å². The molecule has 1 aliphatic rings. The highest BCUT2D eigenvalue weighted by Gasteiger charge is 2.19. The normalized spacial score (nSPS) is 17.9. The lowest BCUT2D eigenvalue weighted by Crippen LogP contribution is -2.29. The van der Waals surface area contributed by atoms with Crippen molar-refractivity contribution in [3.8, 4) is 0 Å². The van der Waals surface area contributed by atoms with Crippen LogP contribution in [-0.4, -0.2) is 33.9 Å². The van der Waals surface area contributed by atoms with Crippen molar-refractivity contribution >= 4 is 21.9 Å². The second-order valence-electron chi connectivity index (χ2n) is 3.60. The van der Waals surface area contributed by atoms with Crippen LogP contribution in [0.15, 0.2) is 10.8 Å². The maximum atomic E-state index is 10.8. The van der Waals surface area contributed by atoms with Gasteiger partial charge in [0.15, 0.2) is 0 Å². The molecule has 1 saturated heterocycles. The van der Waals surface area contributed by atoms with Gasteiger partial charge in [-0.25, -0.2) is 4.79 Å². The Hall–Kier alpha value is -0.880. The largest absolute Gasteiger partial charge is 0.478 e. The molecule has 2 N–H and O–H groups in total.